The summed E-state index contributed by atoms with van der Waals surface area (Å²) in [5.41, 5.74) is 4.58. The van der Waals surface area contributed by atoms with E-state index in [9.17, 15) is 0 Å². The molecule has 1 fully saturated rings. The molecule has 4 heteroatoms. The highest BCUT2D eigenvalue weighted by Crippen LogP contribution is 2.42. The van der Waals surface area contributed by atoms with E-state index in [4.69, 9.17) is 17.2 Å². The number of aliphatic imine (C=N–C) groups is 1. The first kappa shape index (κ1) is 17.2. The minimum Gasteiger partial charge on any atom is -0.342 e. The van der Waals surface area contributed by atoms with Crippen LogP contribution in [0.5, 0.6) is 0 Å². The summed E-state index contributed by atoms with van der Waals surface area (Å²) in [5.74, 6) is 1.01. The average molecular weight is 364 g/mol. The molecule has 2 aliphatic rings. The first-order chi connectivity index (χ1) is 12.6. The maximum Gasteiger partial charge on any atom is 0.202 e. The summed E-state index contributed by atoms with van der Waals surface area (Å²) in [7, 11) is 0. The predicted molar refractivity (Wildman–Crippen MR) is 114 cm³/mol. The van der Waals surface area contributed by atoms with Gasteiger partial charge >= 0.3 is 0 Å². The van der Waals surface area contributed by atoms with Crippen molar-refractivity contribution in [2.75, 3.05) is 10.2 Å². The third kappa shape index (κ3) is 3.03. The number of anilines is 2. The number of nitrogens with one attached hydrogen (secondary N) is 1. The van der Waals surface area contributed by atoms with Gasteiger partial charge < -0.3 is 10.2 Å². The van der Waals surface area contributed by atoms with Crippen molar-refractivity contribution in [3.05, 3.63) is 59.7 Å². The molecule has 2 aromatic rings. The van der Waals surface area contributed by atoms with E-state index in [-0.39, 0.29) is 5.54 Å². The fourth-order valence-electron chi connectivity index (χ4n) is 4.26. The number of benzene rings is 2. The molecule has 0 amide bonds. The van der Waals surface area contributed by atoms with Crippen molar-refractivity contribution in [2.24, 2.45) is 4.99 Å². The zero-order valence-electron chi connectivity index (χ0n) is 15.5. The van der Waals surface area contributed by atoms with Crippen LogP contribution in [0.4, 0.5) is 11.4 Å². The Morgan fingerprint density at radius 2 is 1.65 bits per heavy atom. The molecule has 1 N–H and O–H groups in total. The largest absolute Gasteiger partial charge is 0.342 e. The summed E-state index contributed by atoms with van der Waals surface area (Å²) >= 11 is 5.74. The van der Waals surface area contributed by atoms with E-state index in [1.807, 2.05) is 0 Å². The molecule has 4 rings (SSSR count). The highest BCUT2D eigenvalue weighted by molar-refractivity contribution is 7.80. The number of hydrogen-bond donors (Lipinski definition) is 1. The third-order valence-corrected chi connectivity index (χ3v) is 5.76. The number of rotatable bonds is 2. The van der Waals surface area contributed by atoms with Crippen LogP contribution in [-0.4, -0.2) is 16.5 Å². The average Bonchev–Trinajstić information content (AvgIpc) is 2.86. The molecule has 26 heavy (non-hydrogen) atoms. The second kappa shape index (κ2) is 6.84. The van der Waals surface area contributed by atoms with E-state index in [0.717, 1.165) is 30.1 Å². The Labute approximate surface area is 161 Å². The summed E-state index contributed by atoms with van der Waals surface area (Å²) in [6.45, 7) is 4.24. The summed E-state index contributed by atoms with van der Waals surface area (Å²) in [6, 6.07) is 17.1. The lowest BCUT2D eigenvalue weighted by Gasteiger charge is -2.43. The lowest BCUT2D eigenvalue weighted by Crippen LogP contribution is -2.55. The number of hydrogen-bond acceptors (Lipinski definition) is 2. The van der Waals surface area contributed by atoms with Crippen LogP contribution in [-0.2, 0) is 0 Å². The van der Waals surface area contributed by atoms with Gasteiger partial charge in [0.2, 0.25) is 5.11 Å². The van der Waals surface area contributed by atoms with Gasteiger partial charge in [0, 0.05) is 11.4 Å². The van der Waals surface area contributed by atoms with Gasteiger partial charge in [0.05, 0.1) is 0 Å². The van der Waals surface area contributed by atoms with Crippen molar-refractivity contribution in [1.82, 2.24) is 0 Å². The Morgan fingerprint density at radius 1 is 0.962 bits per heavy atom. The second-order valence-corrected chi connectivity index (χ2v) is 7.87. The Kier molecular flexibility index (Phi) is 4.53. The molecule has 2 aromatic carbocycles. The Balaban J connectivity index is 1.74. The van der Waals surface area contributed by atoms with Gasteiger partial charge in [0.15, 0.2) is 0 Å². The third-order valence-electron chi connectivity index (χ3n) is 5.49. The molecule has 0 saturated heterocycles. The van der Waals surface area contributed by atoms with E-state index >= 15 is 0 Å². The van der Waals surface area contributed by atoms with Crippen LogP contribution >= 0.6 is 12.2 Å². The van der Waals surface area contributed by atoms with Gasteiger partial charge in [-0.05, 0) is 74.3 Å². The molecule has 0 aromatic heterocycles. The normalized spacial score (nSPS) is 18.9. The van der Waals surface area contributed by atoms with Crippen molar-refractivity contribution in [1.29, 1.82) is 0 Å². The molecule has 1 aliphatic carbocycles. The maximum atomic E-state index is 5.74. The number of aryl methyl sites for hydroxylation is 2. The zero-order valence-corrected chi connectivity index (χ0v) is 16.3. The lowest BCUT2D eigenvalue weighted by molar-refractivity contribution is 0.386. The molecular formula is C22H25N3S. The number of amidine groups is 1. The van der Waals surface area contributed by atoms with Crippen molar-refractivity contribution < 1.29 is 0 Å². The van der Waals surface area contributed by atoms with Crippen LogP contribution in [0.3, 0.4) is 0 Å². The van der Waals surface area contributed by atoms with Crippen LogP contribution < -0.4 is 10.2 Å². The number of thiocarbonyl (C=S) groups is 1. The highest BCUT2D eigenvalue weighted by atomic mass is 32.1. The van der Waals surface area contributed by atoms with Crippen molar-refractivity contribution >= 4 is 34.5 Å². The van der Waals surface area contributed by atoms with E-state index in [0.29, 0.717) is 5.11 Å². The van der Waals surface area contributed by atoms with Gasteiger partial charge in [-0.3, -0.25) is 0 Å². The predicted octanol–water partition coefficient (Wildman–Crippen LogP) is 5.62. The molecule has 1 aliphatic heterocycles. The van der Waals surface area contributed by atoms with E-state index in [1.54, 1.807) is 0 Å². The Morgan fingerprint density at radius 3 is 2.35 bits per heavy atom. The molecule has 0 bridgehead atoms. The zero-order chi connectivity index (χ0) is 18.1. The first-order valence-electron chi connectivity index (χ1n) is 9.42. The van der Waals surface area contributed by atoms with E-state index < -0.39 is 0 Å². The highest BCUT2D eigenvalue weighted by Gasteiger charge is 2.49. The molecule has 1 spiro atoms. The van der Waals surface area contributed by atoms with Crippen LogP contribution in [0, 0.1) is 13.8 Å². The quantitative estimate of drug-likeness (QED) is 0.702. The molecule has 1 heterocycles. The van der Waals surface area contributed by atoms with Crippen molar-refractivity contribution in [2.45, 2.75) is 51.5 Å². The topological polar surface area (TPSA) is 27.6 Å². The molecule has 0 unspecified atom stereocenters. The Bertz CT molecular complexity index is 865. The molecule has 0 atom stereocenters. The van der Waals surface area contributed by atoms with Crippen molar-refractivity contribution in [3.63, 3.8) is 0 Å². The fourth-order valence-corrected chi connectivity index (χ4v) is 4.64. The van der Waals surface area contributed by atoms with Gasteiger partial charge in [0.25, 0.3) is 0 Å². The first-order valence-corrected chi connectivity index (χ1v) is 9.83. The molecule has 1 saturated carbocycles. The maximum absolute atomic E-state index is 5.74. The fraction of sp³-hybridized carbons (Fsp3) is 0.364. The van der Waals surface area contributed by atoms with Crippen LogP contribution in [0.25, 0.3) is 0 Å². The molecule has 134 valence electrons. The summed E-state index contributed by atoms with van der Waals surface area (Å²) < 4.78 is 0. The van der Waals surface area contributed by atoms with Gasteiger partial charge in [0.1, 0.15) is 11.4 Å². The van der Waals surface area contributed by atoms with E-state index in [1.165, 1.54) is 30.4 Å². The second-order valence-electron chi connectivity index (χ2n) is 7.50. The molecule has 0 radical (unpaired) electrons. The van der Waals surface area contributed by atoms with Gasteiger partial charge in [-0.25, -0.2) is 4.99 Å². The monoisotopic (exact) mass is 363 g/mol. The summed E-state index contributed by atoms with van der Waals surface area (Å²) in [5, 5.41) is 4.28. The molecule has 3 nitrogen and oxygen atoms in total. The van der Waals surface area contributed by atoms with Crippen LogP contribution in [0.2, 0.25) is 0 Å². The smallest absolute Gasteiger partial charge is 0.202 e. The minimum atomic E-state index is -0.146. The summed E-state index contributed by atoms with van der Waals surface area (Å²) in [4.78, 5) is 7.14. The SMILES string of the molecule is Cc1cccc(NC2=NC(=S)N(c3cccc(C)c3)C23CCCCC3)c1. The lowest BCUT2D eigenvalue weighted by atomic mass is 9.79. The Hall–Kier alpha value is -2.20. The van der Waals surface area contributed by atoms with E-state index in [2.05, 4.69) is 72.6 Å². The number of nitrogens with zero attached hydrogens (tertiary/aromatic N) is 2. The summed E-state index contributed by atoms with van der Waals surface area (Å²) in [6.07, 6.45) is 5.87. The van der Waals surface area contributed by atoms with Gasteiger partial charge in [-0.15, -0.1) is 0 Å². The van der Waals surface area contributed by atoms with Gasteiger partial charge in [-0.1, -0.05) is 43.5 Å². The molecular weight excluding hydrogens is 338 g/mol. The van der Waals surface area contributed by atoms with Crippen molar-refractivity contribution in [3.8, 4) is 0 Å². The van der Waals surface area contributed by atoms with Crippen LogP contribution in [0.1, 0.15) is 43.2 Å². The van der Waals surface area contributed by atoms with Gasteiger partial charge in [-0.2, -0.15) is 0 Å². The standard InChI is InChI=1S/C22H25N3S/c1-16-8-6-10-18(14-16)23-20-22(12-4-3-5-13-22)25(21(26)24-20)19-11-7-9-17(2)15-19/h6-11,14-15H,3-5,12-13H2,1-2H3,(H,23,24,26). The van der Waals surface area contributed by atoms with Crippen LogP contribution in [0.15, 0.2) is 53.5 Å². The minimum absolute atomic E-state index is 0.146.